The number of rotatable bonds is 11. The number of carbonyl (C=O) groups excluding carboxylic acids is 1. The molecule has 0 aliphatic rings. The van der Waals surface area contributed by atoms with E-state index in [0.717, 1.165) is 51.4 Å². The highest BCUT2D eigenvalue weighted by atomic mass is 16.5. The molecule has 0 aliphatic heterocycles. The number of benzene rings is 2. The number of hydrogen-bond donors (Lipinski definition) is 0. The zero-order chi connectivity index (χ0) is 22.2. The summed E-state index contributed by atoms with van der Waals surface area (Å²) in [5, 5.41) is 2.64. The van der Waals surface area contributed by atoms with Crippen molar-refractivity contribution in [1.29, 1.82) is 0 Å². The highest BCUT2D eigenvalue weighted by molar-refractivity contribution is 6.11. The summed E-state index contributed by atoms with van der Waals surface area (Å²) in [7, 11) is 2.17. The van der Waals surface area contributed by atoms with E-state index in [4.69, 9.17) is 4.74 Å². The molecule has 3 heteroatoms. The first-order chi connectivity index (χ1) is 15.1. The van der Waals surface area contributed by atoms with Gasteiger partial charge in [-0.3, -0.25) is 0 Å². The van der Waals surface area contributed by atoms with Crippen LogP contribution >= 0.6 is 0 Å². The Bertz CT molecular complexity index is 1060. The van der Waals surface area contributed by atoms with Gasteiger partial charge in [0.05, 0.1) is 6.61 Å². The Morgan fingerprint density at radius 1 is 0.968 bits per heavy atom. The fraction of sp³-hybridized carbons (Fsp3) is 0.464. The molecule has 0 bridgehead atoms. The Labute approximate surface area is 187 Å². The first-order valence-corrected chi connectivity index (χ1v) is 12.0. The molecule has 0 spiro atoms. The molecule has 0 N–H and O–H groups in total. The van der Waals surface area contributed by atoms with Crippen molar-refractivity contribution in [3.05, 3.63) is 53.1 Å². The lowest BCUT2D eigenvalue weighted by Gasteiger charge is -2.15. The molecule has 0 unspecified atom stereocenters. The zero-order valence-corrected chi connectivity index (χ0v) is 19.7. The summed E-state index contributed by atoms with van der Waals surface area (Å²) in [6.07, 6.45) is 12.2. The van der Waals surface area contributed by atoms with Gasteiger partial charge in [-0.15, -0.1) is 0 Å². The summed E-state index contributed by atoms with van der Waals surface area (Å²) >= 11 is 0. The number of aromatic nitrogens is 1. The average molecular weight is 420 g/mol. The minimum Gasteiger partial charge on any atom is -0.463 e. The molecule has 0 atom stereocenters. The Kier molecular flexibility index (Phi) is 8.34. The number of esters is 1. The zero-order valence-electron chi connectivity index (χ0n) is 19.7. The number of ether oxygens (including phenoxy) is 1. The minimum atomic E-state index is -0.241. The van der Waals surface area contributed by atoms with Crippen LogP contribution in [0.1, 0.15) is 76.0 Å². The van der Waals surface area contributed by atoms with Crippen molar-refractivity contribution in [2.24, 2.45) is 7.05 Å². The van der Waals surface area contributed by atoms with Crippen LogP contribution in [0.2, 0.25) is 0 Å². The highest BCUT2D eigenvalue weighted by Crippen LogP contribution is 2.36. The maximum Gasteiger partial charge on any atom is 0.330 e. The molecule has 166 valence electrons. The second kappa shape index (κ2) is 11.2. The molecule has 0 amide bonds. The molecular weight excluding hydrogens is 382 g/mol. The molecule has 3 rings (SSSR count). The number of fused-ring (bicyclic) bond motifs is 3. The second-order valence-electron chi connectivity index (χ2n) is 8.46. The number of hydrogen-bond acceptors (Lipinski definition) is 2. The standard InChI is InChI=1S/C28H37NO2/c1-5-8-13-21-20-26-28(24-15-11-12-16-25(24)29(26)4)23(14-9-6-2)22(21)17-18-27(30)31-19-10-7-3/h11-12,15-18,20H,5-10,13-14,19H2,1-4H3. The van der Waals surface area contributed by atoms with Gasteiger partial charge < -0.3 is 9.30 Å². The van der Waals surface area contributed by atoms with Crippen LogP contribution in [0.3, 0.4) is 0 Å². The van der Waals surface area contributed by atoms with E-state index in [2.05, 4.69) is 62.7 Å². The van der Waals surface area contributed by atoms with Crippen LogP contribution in [0.25, 0.3) is 27.9 Å². The molecule has 1 aromatic heterocycles. The van der Waals surface area contributed by atoms with Crippen LogP contribution in [0.4, 0.5) is 0 Å². The third-order valence-corrected chi connectivity index (χ3v) is 6.14. The maximum atomic E-state index is 12.3. The summed E-state index contributed by atoms with van der Waals surface area (Å²) in [5.41, 5.74) is 6.49. The van der Waals surface area contributed by atoms with Crippen molar-refractivity contribution in [3.63, 3.8) is 0 Å². The van der Waals surface area contributed by atoms with Crippen LogP contribution < -0.4 is 0 Å². The normalized spacial score (nSPS) is 11.7. The van der Waals surface area contributed by atoms with Crippen LogP contribution in [-0.2, 0) is 29.4 Å². The summed E-state index contributed by atoms with van der Waals surface area (Å²) in [4.78, 5) is 12.3. The first kappa shape index (κ1) is 23.1. The molecule has 2 aromatic carbocycles. The van der Waals surface area contributed by atoms with E-state index in [9.17, 15) is 4.79 Å². The Morgan fingerprint density at radius 2 is 1.68 bits per heavy atom. The van der Waals surface area contributed by atoms with Crippen molar-refractivity contribution in [1.82, 2.24) is 4.57 Å². The van der Waals surface area contributed by atoms with Crippen molar-refractivity contribution in [3.8, 4) is 0 Å². The number of aryl methyl sites for hydroxylation is 3. The van der Waals surface area contributed by atoms with Gasteiger partial charge in [-0.25, -0.2) is 4.79 Å². The topological polar surface area (TPSA) is 31.2 Å². The van der Waals surface area contributed by atoms with Gasteiger partial charge in [0.1, 0.15) is 0 Å². The predicted molar refractivity (Wildman–Crippen MR) is 133 cm³/mol. The van der Waals surface area contributed by atoms with E-state index >= 15 is 0 Å². The van der Waals surface area contributed by atoms with E-state index in [0.29, 0.717) is 6.61 Å². The lowest BCUT2D eigenvalue weighted by atomic mass is 9.90. The molecule has 0 radical (unpaired) electrons. The third kappa shape index (κ3) is 5.20. The summed E-state index contributed by atoms with van der Waals surface area (Å²) in [5.74, 6) is -0.241. The fourth-order valence-corrected chi connectivity index (χ4v) is 4.38. The SMILES string of the molecule is CCCCOC(=O)C=Cc1c(CCCC)cc2c(c1CCCC)c1ccccc1n2C. The number of unbranched alkanes of at least 4 members (excludes halogenated alkanes) is 3. The molecule has 3 nitrogen and oxygen atoms in total. The average Bonchev–Trinajstić information content (AvgIpc) is 3.07. The molecular formula is C28H37NO2. The molecule has 31 heavy (non-hydrogen) atoms. The highest BCUT2D eigenvalue weighted by Gasteiger charge is 2.17. The van der Waals surface area contributed by atoms with Crippen LogP contribution in [-0.4, -0.2) is 17.1 Å². The molecule has 1 heterocycles. The van der Waals surface area contributed by atoms with Gasteiger partial charge in [0.2, 0.25) is 0 Å². The van der Waals surface area contributed by atoms with Crippen molar-refractivity contribution >= 4 is 33.9 Å². The second-order valence-corrected chi connectivity index (χ2v) is 8.46. The van der Waals surface area contributed by atoms with E-state index < -0.39 is 0 Å². The van der Waals surface area contributed by atoms with Crippen molar-refractivity contribution in [2.45, 2.75) is 72.1 Å². The lowest BCUT2D eigenvalue weighted by molar-refractivity contribution is -0.137. The predicted octanol–water partition coefficient (Wildman–Crippen LogP) is 7.37. The molecule has 0 saturated heterocycles. The molecule has 0 fully saturated rings. The van der Waals surface area contributed by atoms with E-state index in [1.165, 1.54) is 38.5 Å². The Morgan fingerprint density at radius 3 is 2.42 bits per heavy atom. The smallest absolute Gasteiger partial charge is 0.330 e. The van der Waals surface area contributed by atoms with E-state index in [-0.39, 0.29) is 5.97 Å². The first-order valence-electron chi connectivity index (χ1n) is 12.0. The quantitative estimate of drug-likeness (QED) is 0.184. The lowest BCUT2D eigenvalue weighted by Crippen LogP contribution is -2.03. The summed E-state index contributed by atoms with van der Waals surface area (Å²) in [6.45, 7) is 7.06. The Balaban J connectivity index is 2.18. The number of para-hydroxylation sites is 1. The molecule has 0 saturated carbocycles. The van der Waals surface area contributed by atoms with Gasteiger partial charge in [0.15, 0.2) is 0 Å². The monoisotopic (exact) mass is 419 g/mol. The van der Waals surface area contributed by atoms with Crippen LogP contribution in [0.5, 0.6) is 0 Å². The molecule has 3 aromatic rings. The maximum absolute atomic E-state index is 12.3. The largest absolute Gasteiger partial charge is 0.463 e. The van der Waals surface area contributed by atoms with Gasteiger partial charge in [-0.1, -0.05) is 58.2 Å². The number of carbonyl (C=O) groups is 1. The Hall–Kier alpha value is -2.55. The number of nitrogens with zero attached hydrogens (tertiary/aromatic N) is 1. The minimum absolute atomic E-state index is 0.241. The molecule has 0 aliphatic carbocycles. The van der Waals surface area contributed by atoms with Crippen LogP contribution in [0, 0.1) is 0 Å². The van der Waals surface area contributed by atoms with Crippen molar-refractivity contribution in [2.75, 3.05) is 6.61 Å². The van der Waals surface area contributed by atoms with Gasteiger partial charge in [-0.05, 0) is 67.0 Å². The summed E-state index contributed by atoms with van der Waals surface area (Å²) < 4.78 is 7.70. The van der Waals surface area contributed by atoms with Gasteiger partial charge in [0.25, 0.3) is 0 Å². The van der Waals surface area contributed by atoms with Crippen molar-refractivity contribution < 1.29 is 9.53 Å². The third-order valence-electron chi connectivity index (χ3n) is 6.14. The van der Waals surface area contributed by atoms with Gasteiger partial charge >= 0.3 is 5.97 Å². The van der Waals surface area contributed by atoms with Gasteiger partial charge in [0, 0.05) is 34.9 Å². The van der Waals surface area contributed by atoms with Crippen LogP contribution in [0.15, 0.2) is 36.4 Å². The van der Waals surface area contributed by atoms with E-state index in [1.54, 1.807) is 6.08 Å². The van der Waals surface area contributed by atoms with E-state index in [1.807, 2.05) is 6.08 Å². The summed E-state index contributed by atoms with van der Waals surface area (Å²) in [6, 6.07) is 11.0. The van der Waals surface area contributed by atoms with Gasteiger partial charge in [-0.2, -0.15) is 0 Å². The fourth-order valence-electron chi connectivity index (χ4n) is 4.38.